The summed E-state index contributed by atoms with van der Waals surface area (Å²) in [7, 11) is 0. The Labute approximate surface area is 108 Å². The van der Waals surface area contributed by atoms with Gasteiger partial charge in [-0.3, -0.25) is 0 Å². The summed E-state index contributed by atoms with van der Waals surface area (Å²) < 4.78 is 19.6. The Bertz CT molecular complexity index is 524. The van der Waals surface area contributed by atoms with Gasteiger partial charge in [0.15, 0.2) is 0 Å². The Kier molecular flexibility index (Phi) is 3.64. The SMILES string of the molecule is CCC(N)c1ccc(-c2cc(F)ccc2Br)o1. The number of halogens is 2. The van der Waals surface area contributed by atoms with Crippen LogP contribution in [-0.2, 0) is 0 Å². The Balaban J connectivity index is 2.40. The van der Waals surface area contributed by atoms with E-state index in [0.29, 0.717) is 11.3 Å². The van der Waals surface area contributed by atoms with Gasteiger partial charge in [-0.2, -0.15) is 0 Å². The van der Waals surface area contributed by atoms with Crippen molar-refractivity contribution in [3.8, 4) is 11.3 Å². The van der Waals surface area contributed by atoms with Crippen LogP contribution in [0.25, 0.3) is 11.3 Å². The first-order chi connectivity index (χ1) is 8.11. The number of furan rings is 1. The monoisotopic (exact) mass is 297 g/mol. The van der Waals surface area contributed by atoms with Crippen molar-refractivity contribution in [2.75, 3.05) is 0 Å². The summed E-state index contributed by atoms with van der Waals surface area (Å²) >= 11 is 3.37. The molecule has 0 amide bonds. The summed E-state index contributed by atoms with van der Waals surface area (Å²) in [5, 5.41) is 0. The topological polar surface area (TPSA) is 39.2 Å². The van der Waals surface area contributed by atoms with Gasteiger partial charge in [0.2, 0.25) is 0 Å². The highest BCUT2D eigenvalue weighted by Gasteiger charge is 2.12. The first-order valence-electron chi connectivity index (χ1n) is 5.42. The molecule has 0 saturated heterocycles. The normalized spacial score (nSPS) is 12.7. The maximum Gasteiger partial charge on any atom is 0.135 e. The molecule has 0 aliphatic carbocycles. The minimum absolute atomic E-state index is 0.115. The molecule has 0 fully saturated rings. The molecular weight excluding hydrogens is 285 g/mol. The standard InChI is InChI=1S/C13H13BrFNO/c1-2-11(16)13-6-5-12(17-13)9-7-8(15)3-4-10(9)14/h3-7,11H,2,16H2,1H3. The van der Waals surface area contributed by atoms with Crippen LogP contribution < -0.4 is 5.73 Å². The van der Waals surface area contributed by atoms with Crippen molar-refractivity contribution in [2.24, 2.45) is 5.73 Å². The smallest absolute Gasteiger partial charge is 0.135 e. The van der Waals surface area contributed by atoms with Gasteiger partial charge in [-0.1, -0.05) is 22.9 Å². The summed E-state index contributed by atoms with van der Waals surface area (Å²) in [6.07, 6.45) is 0.803. The second-order valence-electron chi connectivity index (χ2n) is 3.84. The first kappa shape index (κ1) is 12.3. The van der Waals surface area contributed by atoms with Crippen LogP contribution in [0.15, 0.2) is 39.2 Å². The third-order valence-electron chi connectivity index (χ3n) is 2.63. The Morgan fingerprint density at radius 1 is 1.35 bits per heavy atom. The highest BCUT2D eigenvalue weighted by atomic mass is 79.9. The van der Waals surface area contributed by atoms with E-state index in [2.05, 4.69) is 15.9 Å². The molecular formula is C13H13BrFNO. The third kappa shape index (κ3) is 2.58. The van der Waals surface area contributed by atoms with Crippen LogP contribution in [0.5, 0.6) is 0 Å². The van der Waals surface area contributed by atoms with Crippen LogP contribution in [0.2, 0.25) is 0 Å². The van der Waals surface area contributed by atoms with Crippen LogP contribution in [0.3, 0.4) is 0 Å². The number of rotatable bonds is 3. The van der Waals surface area contributed by atoms with Crippen molar-refractivity contribution in [1.29, 1.82) is 0 Å². The van der Waals surface area contributed by atoms with Crippen molar-refractivity contribution < 1.29 is 8.81 Å². The van der Waals surface area contributed by atoms with E-state index in [1.165, 1.54) is 12.1 Å². The second kappa shape index (κ2) is 5.02. The zero-order chi connectivity index (χ0) is 12.4. The average Bonchev–Trinajstić information content (AvgIpc) is 2.80. The Hall–Kier alpha value is -1.13. The highest BCUT2D eigenvalue weighted by Crippen LogP contribution is 2.31. The van der Waals surface area contributed by atoms with Gasteiger partial charge >= 0.3 is 0 Å². The summed E-state index contributed by atoms with van der Waals surface area (Å²) in [6.45, 7) is 1.99. The van der Waals surface area contributed by atoms with E-state index in [1.807, 2.05) is 19.1 Å². The molecule has 2 rings (SSSR count). The van der Waals surface area contributed by atoms with Gasteiger partial charge in [0.1, 0.15) is 17.3 Å². The minimum Gasteiger partial charge on any atom is -0.459 e. The maximum absolute atomic E-state index is 13.2. The molecule has 0 aliphatic rings. The highest BCUT2D eigenvalue weighted by molar-refractivity contribution is 9.10. The lowest BCUT2D eigenvalue weighted by Gasteiger charge is -2.05. The number of nitrogens with two attached hydrogens (primary N) is 1. The quantitative estimate of drug-likeness (QED) is 0.919. The predicted molar refractivity (Wildman–Crippen MR) is 69.0 cm³/mol. The van der Waals surface area contributed by atoms with Gasteiger partial charge in [0, 0.05) is 10.0 Å². The van der Waals surface area contributed by atoms with Gasteiger partial charge < -0.3 is 10.2 Å². The van der Waals surface area contributed by atoms with E-state index < -0.39 is 0 Å². The lowest BCUT2D eigenvalue weighted by atomic mass is 10.1. The molecule has 0 aliphatic heterocycles. The van der Waals surface area contributed by atoms with E-state index in [0.717, 1.165) is 16.7 Å². The largest absolute Gasteiger partial charge is 0.459 e. The van der Waals surface area contributed by atoms with Crippen molar-refractivity contribution in [1.82, 2.24) is 0 Å². The van der Waals surface area contributed by atoms with Crippen molar-refractivity contribution in [3.05, 3.63) is 46.4 Å². The molecule has 1 heterocycles. The molecule has 2 aromatic rings. The summed E-state index contributed by atoms with van der Waals surface area (Å²) in [4.78, 5) is 0. The molecule has 0 bridgehead atoms. The van der Waals surface area contributed by atoms with E-state index >= 15 is 0 Å². The van der Waals surface area contributed by atoms with Crippen molar-refractivity contribution >= 4 is 15.9 Å². The molecule has 4 heteroatoms. The fourth-order valence-corrected chi connectivity index (χ4v) is 2.03. The van der Waals surface area contributed by atoms with Crippen LogP contribution in [0.4, 0.5) is 4.39 Å². The number of hydrogen-bond donors (Lipinski definition) is 1. The van der Waals surface area contributed by atoms with E-state index in [9.17, 15) is 4.39 Å². The Morgan fingerprint density at radius 2 is 2.12 bits per heavy atom. The second-order valence-corrected chi connectivity index (χ2v) is 4.70. The molecule has 1 aromatic heterocycles. The molecule has 0 radical (unpaired) electrons. The van der Waals surface area contributed by atoms with E-state index in [4.69, 9.17) is 10.2 Å². The molecule has 90 valence electrons. The third-order valence-corrected chi connectivity index (χ3v) is 3.32. The van der Waals surface area contributed by atoms with Crippen molar-refractivity contribution in [2.45, 2.75) is 19.4 Å². The van der Waals surface area contributed by atoms with E-state index in [-0.39, 0.29) is 11.9 Å². The van der Waals surface area contributed by atoms with Gasteiger partial charge in [-0.15, -0.1) is 0 Å². The fourth-order valence-electron chi connectivity index (χ4n) is 1.58. The van der Waals surface area contributed by atoms with E-state index in [1.54, 1.807) is 6.07 Å². The summed E-state index contributed by atoms with van der Waals surface area (Å²) in [5.74, 6) is 1.05. The van der Waals surface area contributed by atoms with Crippen LogP contribution in [0, 0.1) is 5.82 Å². The zero-order valence-electron chi connectivity index (χ0n) is 9.41. The lowest BCUT2D eigenvalue weighted by Crippen LogP contribution is -2.06. The number of hydrogen-bond acceptors (Lipinski definition) is 2. The van der Waals surface area contributed by atoms with Crippen molar-refractivity contribution in [3.63, 3.8) is 0 Å². The molecule has 0 saturated carbocycles. The van der Waals surface area contributed by atoms with Crippen LogP contribution >= 0.6 is 15.9 Å². The molecule has 17 heavy (non-hydrogen) atoms. The molecule has 1 atom stereocenters. The summed E-state index contributed by atoms with van der Waals surface area (Å²) in [5.41, 5.74) is 6.57. The predicted octanol–water partition coefficient (Wildman–Crippen LogP) is 4.26. The molecule has 1 unspecified atom stereocenters. The molecule has 0 spiro atoms. The average molecular weight is 298 g/mol. The van der Waals surface area contributed by atoms with Gasteiger partial charge in [-0.05, 0) is 36.8 Å². The molecule has 2 nitrogen and oxygen atoms in total. The van der Waals surface area contributed by atoms with Gasteiger partial charge in [0.05, 0.1) is 6.04 Å². The molecule has 2 N–H and O–H groups in total. The number of benzene rings is 1. The first-order valence-corrected chi connectivity index (χ1v) is 6.22. The zero-order valence-corrected chi connectivity index (χ0v) is 11.0. The van der Waals surface area contributed by atoms with Gasteiger partial charge in [0.25, 0.3) is 0 Å². The Morgan fingerprint density at radius 3 is 2.82 bits per heavy atom. The minimum atomic E-state index is -0.291. The van der Waals surface area contributed by atoms with Crippen LogP contribution in [-0.4, -0.2) is 0 Å². The van der Waals surface area contributed by atoms with Gasteiger partial charge in [-0.25, -0.2) is 4.39 Å². The molecule has 1 aromatic carbocycles. The fraction of sp³-hybridized carbons (Fsp3) is 0.231. The maximum atomic E-state index is 13.2. The van der Waals surface area contributed by atoms with Crippen LogP contribution in [0.1, 0.15) is 25.1 Å². The lowest BCUT2D eigenvalue weighted by molar-refractivity contribution is 0.469. The summed E-state index contributed by atoms with van der Waals surface area (Å²) in [6, 6.07) is 8.02.